The van der Waals surface area contributed by atoms with E-state index in [1.165, 1.54) is 0 Å². The third kappa shape index (κ3) is 1.72. The Morgan fingerprint density at radius 3 is 2.57 bits per heavy atom. The number of fused-ring (bicyclic) bond motifs is 2. The molecule has 2 bridgehead atoms. The van der Waals surface area contributed by atoms with Crippen LogP contribution in [0.15, 0.2) is 12.7 Å². The van der Waals surface area contributed by atoms with Gasteiger partial charge in [-0.05, 0) is 26.3 Å². The van der Waals surface area contributed by atoms with Crippen LogP contribution in [0.3, 0.4) is 0 Å². The molecule has 0 aromatic rings. The summed E-state index contributed by atoms with van der Waals surface area (Å²) < 4.78 is 5.50. The fraction of sp³-hybridized carbons (Fsp3) is 0.818. The summed E-state index contributed by atoms with van der Waals surface area (Å²) in [5, 5.41) is 10.3. The lowest BCUT2D eigenvalue weighted by Crippen LogP contribution is -2.60. The number of likely N-dealkylation sites (N-methyl/N-ethyl adjacent to an activating group) is 1. The lowest BCUT2D eigenvalue weighted by molar-refractivity contribution is -0.132. The normalized spacial score (nSPS) is 43.6. The number of ether oxygens (including phenoxy) is 1. The predicted octanol–water partition coefficient (Wildman–Crippen LogP) is 0.787. The fourth-order valence-corrected chi connectivity index (χ4v) is 2.68. The smallest absolute Gasteiger partial charge is 0.0713 e. The van der Waals surface area contributed by atoms with Crippen LogP contribution in [0.5, 0.6) is 0 Å². The van der Waals surface area contributed by atoms with Gasteiger partial charge < -0.3 is 9.84 Å². The number of rotatable bonds is 2. The number of hydrogen-bond donors (Lipinski definition) is 1. The van der Waals surface area contributed by atoms with Crippen LogP contribution in [0.2, 0.25) is 0 Å². The van der Waals surface area contributed by atoms with Crippen molar-refractivity contribution in [1.29, 1.82) is 0 Å². The van der Waals surface area contributed by atoms with Gasteiger partial charge in [0.2, 0.25) is 0 Å². The molecule has 0 aliphatic carbocycles. The van der Waals surface area contributed by atoms with Gasteiger partial charge in [-0.3, -0.25) is 4.90 Å². The Balaban J connectivity index is 2.10. The van der Waals surface area contributed by atoms with Crippen LogP contribution in [0.1, 0.15) is 19.3 Å². The molecule has 2 unspecified atom stereocenters. The summed E-state index contributed by atoms with van der Waals surface area (Å²) >= 11 is 0. The summed E-state index contributed by atoms with van der Waals surface area (Å²) in [6.45, 7) is 5.22. The zero-order valence-electron chi connectivity index (χ0n) is 8.78. The van der Waals surface area contributed by atoms with Crippen LogP contribution in [0.4, 0.5) is 0 Å². The average molecular weight is 197 g/mol. The predicted molar refractivity (Wildman–Crippen MR) is 55.2 cm³/mol. The van der Waals surface area contributed by atoms with Gasteiger partial charge in [-0.2, -0.15) is 0 Å². The Hall–Kier alpha value is -0.380. The monoisotopic (exact) mass is 197 g/mol. The van der Waals surface area contributed by atoms with Crippen molar-refractivity contribution in [2.75, 3.05) is 20.3 Å². The lowest BCUT2D eigenvalue weighted by atomic mass is 9.79. The molecule has 3 heteroatoms. The van der Waals surface area contributed by atoms with Gasteiger partial charge in [0.15, 0.2) is 0 Å². The molecular weight excluding hydrogens is 178 g/mol. The highest BCUT2D eigenvalue weighted by molar-refractivity contribution is 5.00. The van der Waals surface area contributed by atoms with E-state index in [0.29, 0.717) is 18.5 Å². The van der Waals surface area contributed by atoms with E-state index in [9.17, 15) is 5.11 Å². The number of morpholine rings is 1. The fourth-order valence-electron chi connectivity index (χ4n) is 2.68. The van der Waals surface area contributed by atoms with Crippen LogP contribution in [-0.4, -0.2) is 48.0 Å². The molecule has 2 aliphatic heterocycles. The van der Waals surface area contributed by atoms with Crippen molar-refractivity contribution < 1.29 is 9.84 Å². The molecule has 0 amide bonds. The first kappa shape index (κ1) is 10.1. The highest BCUT2D eigenvalue weighted by Gasteiger charge is 2.43. The van der Waals surface area contributed by atoms with Gasteiger partial charge >= 0.3 is 0 Å². The third-order valence-corrected chi connectivity index (χ3v) is 3.53. The van der Waals surface area contributed by atoms with Crippen molar-refractivity contribution in [3.63, 3.8) is 0 Å². The molecule has 2 fully saturated rings. The van der Waals surface area contributed by atoms with E-state index in [2.05, 4.69) is 18.5 Å². The molecule has 2 atom stereocenters. The molecule has 2 rings (SSSR count). The number of hydrogen-bond acceptors (Lipinski definition) is 3. The summed E-state index contributed by atoms with van der Waals surface area (Å²) in [6, 6.07) is 0.764. The minimum absolute atomic E-state index is 0.382. The second kappa shape index (κ2) is 3.65. The Labute approximate surface area is 85.4 Å². The minimum atomic E-state index is -0.534. The van der Waals surface area contributed by atoms with Crippen molar-refractivity contribution in [3.8, 4) is 0 Å². The first-order valence-electron chi connectivity index (χ1n) is 5.27. The zero-order valence-corrected chi connectivity index (χ0v) is 8.78. The van der Waals surface area contributed by atoms with Crippen molar-refractivity contribution in [2.45, 2.75) is 36.9 Å². The van der Waals surface area contributed by atoms with Crippen LogP contribution < -0.4 is 0 Å². The third-order valence-electron chi connectivity index (χ3n) is 3.53. The Kier molecular flexibility index (Phi) is 2.64. The van der Waals surface area contributed by atoms with Gasteiger partial charge in [-0.15, -0.1) is 6.58 Å². The second-order valence-electron chi connectivity index (χ2n) is 4.64. The van der Waals surface area contributed by atoms with E-state index < -0.39 is 5.60 Å². The molecule has 2 heterocycles. The van der Waals surface area contributed by atoms with E-state index in [4.69, 9.17) is 4.74 Å². The number of piperidine rings is 1. The molecule has 14 heavy (non-hydrogen) atoms. The largest absolute Gasteiger partial charge is 0.389 e. The Bertz CT molecular complexity index is 215. The first-order valence-corrected chi connectivity index (χ1v) is 5.27. The van der Waals surface area contributed by atoms with Gasteiger partial charge in [-0.1, -0.05) is 6.08 Å². The number of aliphatic hydroxyl groups is 1. The Morgan fingerprint density at radius 2 is 2.07 bits per heavy atom. The molecule has 2 saturated heterocycles. The molecule has 1 N–H and O–H groups in total. The van der Waals surface area contributed by atoms with E-state index >= 15 is 0 Å². The van der Waals surface area contributed by atoms with Gasteiger partial charge in [0, 0.05) is 12.1 Å². The highest BCUT2D eigenvalue weighted by atomic mass is 16.5. The molecule has 3 nitrogen and oxygen atoms in total. The first-order chi connectivity index (χ1) is 6.64. The van der Waals surface area contributed by atoms with Gasteiger partial charge in [0.25, 0.3) is 0 Å². The second-order valence-corrected chi connectivity index (χ2v) is 4.64. The van der Waals surface area contributed by atoms with Crippen LogP contribution in [0, 0.1) is 0 Å². The van der Waals surface area contributed by atoms with Crippen molar-refractivity contribution >= 4 is 0 Å². The number of nitrogens with zero attached hydrogens (tertiary/aromatic N) is 1. The van der Waals surface area contributed by atoms with E-state index in [1.54, 1.807) is 0 Å². The average Bonchev–Trinajstić information content (AvgIpc) is 2.08. The summed E-state index contributed by atoms with van der Waals surface area (Å²) in [6.07, 6.45) is 4.15. The van der Waals surface area contributed by atoms with Gasteiger partial charge in [0.05, 0.1) is 18.8 Å². The quantitative estimate of drug-likeness (QED) is 0.664. The van der Waals surface area contributed by atoms with Gasteiger partial charge in [-0.25, -0.2) is 0 Å². The van der Waals surface area contributed by atoms with E-state index in [1.807, 2.05) is 6.08 Å². The van der Waals surface area contributed by atoms with Gasteiger partial charge in [0.1, 0.15) is 0 Å². The standard InChI is InChI=1S/C11H19NO2/c1-3-4-11(13)5-9-7-14-8-10(6-11)12(9)2/h3,9-10,13H,1,4-8H2,2H3. The van der Waals surface area contributed by atoms with Crippen molar-refractivity contribution in [2.24, 2.45) is 0 Å². The van der Waals surface area contributed by atoms with Crippen LogP contribution in [-0.2, 0) is 4.74 Å². The Morgan fingerprint density at radius 1 is 1.50 bits per heavy atom. The molecule has 0 spiro atoms. The van der Waals surface area contributed by atoms with E-state index in [-0.39, 0.29) is 0 Å². The SMILES string of the molecule is C=CCC1(O)CC2COCC(C1)N2C. The maximum atomic E-state index is 10.3. The molecule has 0 aromatic heterocycles. The maximum Gasteiger partial charge on any atom is 0.0713 e. The van der Waals surface area contributed by atoms with Crippen LogP contribution in [0.25, 0.3) is 0 Å². The zero-order chi connectivity index (χ0) is 10.2. The minimum Gasteiger partial charge on any atom is -0.389 e. The summed E-state index contributed by atoms with van der Waals surface area (Å²) in [5.74, 6) is 0. The van der Waals surface area contributed by atoms with Crippen LogP contribution >= 0.6 is 0 Å². The summed E-state index contributed by atoms with van der Waals surface area (Å²) in [4.78, 5) is 2.35. The van der Waals surface area contributed by atoms with Crippen molar-refractivity contribution in [3.05, 3.63) is 12.7 Å². The lowest BCUT2D eigenvalue weighted by Gasteiger charge is -2.50. The molecule has 0 saturated carbocycles. The molecule has 0 aromatic carbocycles. The maximum absolute atomic E-state index is 10.3. The highest BCUT2D eigenvalue weighted by Crippen LogP contribution is 2.35. The molecule has 0 radical (unpaired) electrons. The topological polar surface area (TPSA) is 32.7 Å². The molecular formula is C11H19NO2. The summed E-state index contributed by atoms with van der Waals surface area (Å²) in [5.41, 5.74) is -0.534. The summed E-state index contributed by atoms with van der Waals surface area (Å²) in [7, 11) is 2.13. The van der Waals surface area contributed by atoms with E-state index in [0.717, 1.165) is 26.1 Å². The van der Waals surface area contributed by atoms with Crippen molar-refractivity contribution in [1.82, 2.24) is 4.90 Å². The molecule has 80 valence electrons. The molecule has 2 aliphatic rings.